The molecule has 0 rings (SSSR count). The number of carboxylic acids is 1. The third kappa shape index (κ3) is 10.1. The van der Waals surface area contributed by atoms with E-state index in [1.54, 1.807) is 0 Å². The van der Waals surface area contributed by atoms with E-state index in [1.807, 2.05) is 0 Å². The van der Waals surface area contributed by atoms with Gasteiger partial charge in [-0.2, -0.15) is 0 Å². The van der Waals surface area contributed by atoms with E-state index >= 15 is 0 Å². The lowest BCUT2D eigenvalue weighted by atomic mass is 10.0. The van der Waals surface area contributed by atoms with Crippen molar-refractivity contribution in [1.29, 1.82) is 0 Å². The number of hydrogen-bond acceptors (Lipinski definition) is 3. The SMILES string of the molecule is CCCCC(CC)COC(=O)CCCCC(=O)O. The zero-order chi connectivity index (χ0) is 13.8. The Morgan fingerprint density at radius 3 is 2.33 bits per heavy atom. The molecule has 0 aliphatic rings. The lowest BCUT2D eigenvalue weighted by Crippen LogP contribution is -2.13. The second-order valence-corrected chi connectivity index (χ2v) is 4.70. The van der Waals surface area contributed by atoms with Crippen LogP contribution in [-0.2, 0) is 14.3 Å². The number of ether oxygens (including phenoxy) is 1. The lowest BCUT2D eigenvalue weighted by molar-refractivity contribution is -0.145. The Kier molecular flexibility index (Phi) is 10.4. The van der Waals surface area contributed by atoms with E-state index in [1.165, 1.54) is 12.8 Å². The lowest BCUT2D eigenvalue weighted by Gasteiger charge is -2.14. The van der Waals surface area contributed by atoms with E-state index in [0.29, 0.717) is 31.8 Å². The predicted molar refractivity (Wildman–Crippen MR) is 70.4 cm³/mol. The molecule has 0 aromatic heterocycles. The molecule has 0 aromatic rings. The first kappa shape index (κ1) is 16.9. The number of carbonyl (C=O) groups excluding carboxylic acids is 1. The maximum Gasteiger partial charge on any atom is 0.305 e. The minimum absolute atomic E-state index is 0.126. The van der Waals surface area contributed by atoms with Gasteiger partial charge in [0.2, 0.25) is 0 Å². The largest absolute Gasteiger partial charge is 0.481 e. The van der Waals surface area contributed by atoms with Crippen LogP contribution in [-0.4, -0.2) is 23.7 Å². The second kappa shape index (κ2) is 11.1. The molecule has 0 saturated heterocycles. The fraction of sp³-hybridized carbons (Fsp3) is 0.857. The van der Waals surface area contributed by atoms with Crippen LogP contribution in [0.15, 0.2) is 0 Å². The van der Waals surface area contributed by atoms with Crippen LogP contribution >= 0.6 is 0 Å². The van der Waals surface area contributed by atoms with E-state index in [2.05, 4.69) is 13.8 Å². The van der Waals surface area contributed by atoms with Crippen molar-refractivity contribution in [2.45, 2.75) is 65.2 Å². The third-order valence-corrected chi connectivity index (χ3v) is 3.04. The summed E-state index contributed by atoms with van der Waals surface area (Å²) < 4.78 is 5.21. The third-order valence-electron chi connectivity index (χ3n) is 3.04. The molecule has 4 heteroatoms. The predicted octanol–water partition coefficient (Wildman–Crippen LogP) is 3.39. The molecule has 0 aromatic carbocycles. The summed E-state index contributed by atoms with van der Waals surface area (Å²) in [6.45, 7) is 4.77. The quantitative estimate of drug-likeness (QED) is 0.456. The van der Waals surface area contributed by atoms with Crippen molar-refractivity contribution >= 4 is 11.9 Å². The van der Waals surface area contributed by atoms with Gasteiger partial charge in [-0.05, 0) is 25.2 Å². The van der Waals surface area contributed by atoms with Gasteiger partial charge in [-0.3, -0.25) is 9.59 Å². The van der Waals surface area contributed by atoms with Crippen LogP contribution in [0.1, 0.15) is 65.2 Å². The van der Waals surface area contributed by atoms with Gasteiger partial charge in [0, 0.05) is 12.8 Å². The normalized spacial score (nSPS) is 12.1. The van der Waals surface area contributed by atoms with Gasteiger partial charge in [-0.15, -0.1) is 0 Å². The standard InChI is InChI=1S/C14H26O4/c1-3-5-8-12(4-2)11-18-14(17)10-7-6-9-13(15)16/h12H,3-11H2,1-2H3,(H,15,16). The molecule has 18 heavy (non-hydrogen) atoms. The molecule has 1 atom stereocenters. The van der Waals surface area contributed by atoms with Crippen LogP contribution in [0.3, 0.4) is 0 Å². The van der Waals surface area contributed by atoms with Crippen LogP contribution in [0.4, 0.5) is 0 Å². The molecule has 1 N–H and O–H groups in total. The summed E-state index contributed by atoms with van der Waals surface area (Å²) in [5.74, 6) is -0.544. The highest BCUT2D eigenvalue weighted by Crippen LogP contribution is 2.13. The van der Waals surface area contributed by atoms with Gasteiger partial charge in [-0.1, -0.05) is 33.1 Å². The minimum atomic E-state index is -0.811. The molecule has 1 unspecified atom stereocenters. The van der Waals surface area contributed by atoms with Crippen LogP contribution in [0.5, 0.6) is 0 Å². The van der Waals surface area contributed by atoms with Crippen molar-refractivity contribution in [3.63, 3.8) is 0 Å². The van der Waals surface area contributed by atoms with E-state index in [4.69, 9.17) is 9.84 Å². The maximum absolute atomic E-state index is 11.4. The minimum Gasteiger partial charge on any atom is -0.481 e. The Labute approximate surface area is 110 Å². The number of carbonyl (C=O) groups is 2. The molecule has 0 aliphatic heterocycles. The summed E-state index contributed by atoms with van der Waals surface area (Å²) in [6, 6.07) is 0. The van der Waals surface area contributed by atoms with Gasteiger partial charge in [0.1, 0.15) is 0 Å². The van der Waals surface area contributed by atoms with Crippen molar-refractivity contribution in [2.24, 2.45) is 5.92 Å². The van der Waals surface area contributed by atoms with Crippen molar-refractivity contribution in [3.05, 3.63) is 0 Å². The Balaban J connectivity index is 3.58. The van der Waals surface area contributed by atoms with Crippen LogP contribution in [0, 0.1) is 5.92 Å². The fourth-order valence-electron chi connectivity index (χ4n) is 1.73. The molecular formula is C14H26O4. The van der Waals surface area contributed by atoms with Crippen molar-refractivity contribution in [1.82, 2.24) is 0 Å². The number of aliphatic carboxylic acids is 1. The maximum atomic E-state index is 11.4. The first-order valence-electron chi connectivity index (χ1n) is 6.97. The Morgan fingerprint density at radius 1 is 1.11 bits per heavy atom. The average Bonchev–Trinajstić information content (AvgIpc) is 2.34. The molecule has 0 saturated carbocycles. The van der Waals surface area contributed by atoms with Crippen LogP contribution < -0.4 is 0 Å². The van der Waals surface area contributed by atoms with Gasteiger partial charge < -0.3 is 9.84 Å². The van der Waals surface area contributed by atoms with Gasteiger partial charge in [-0.25, -0.2) is 0 Å². The summed E-state index contributed by atoms with van der Waals surface area (Å²) in [5.41, 5.74) is 0. The van der Waals surface area contributed by atoms with Gasteiger partial charge in [0.05, 0.1) is 6.61 Å². The number of rotatable bonds is 11. The summed E-state index contributed by atoms with van der Waals surface area (Å²) in [5, 5.41) is 8.45. The van der Waals surface area contributed by atoms with Crippen molar-refractivity contribution in [3.8, 4) is 0 Å². The smallest absolute Gasteiger partial charge is 0.305 e. The van der Waals surface area contributed by atoms with E-state index in [0.717, 1.165) is 12.8 Å². The molecule has 0 aliphatic carbocycles. The Hall–Kier alpha value is -1.06. The summed E-state index contributed by atoms with van der Waals surface area (Å²) in [6.07, 6.45) is 6.08. The molecule has 0 fully saturated rings. The number of hydrogen-bond donors (Lipinski definition) is 1. The average molecular weight is 258 g/mol. The number of esters is 1. The molecule has 0 bridgehead atoms. The highest BCUT2D eigenvalue weighted by molar-refractivity contribution is 5.69. The summed E-state index contributed by atoms with van der Waals surface area (Å²) in [4.78, 5) is 21.7. The fourth-order valence-corrected chi connectivity index (χ4v) is 1.73. The van der Waals surface area contributed by atoms with E-state index in [-0.39, 0.29) is 12.4 Å². The van der Waals surface area contributed by atoms with Crippen LogP contribution in [0.2, 0.25) is 0 Å². The second-order valence-electron chi connectivity index (χ2n) is 4.70. The first-order chi connectivity index (χ1) is 8.60. The zero-order valence-corrected chi connectivity index (χ0v) is 11.6. The number of unbranched alkanes of at least 4 members (excludes halogenated alkanes) is 2. The Bertz CT molecular complexity index is 238. The molecule has 0 radical (unpaired) electrons. The van der Waals surface area contributed by atoms with E-state index < -0.39 is 5.97 Å². The molecule has 0 amide bonds. The van der Waals surface area contributed by atoms with Gasteiger partial charge in [0.25, 0.3) is 0 Å². The van der Waals surface area contributed by atoms with Gasteiger partial charge in [0.15, 0.2) is 0 Å². The molecule has 106 valence electrons. The topological polar surface area (TPSA) is 63.6 Å². The van der Waals surface area contributed by atoms with Gasteiger partial charge >= 0.3 is 11.9 Å². The monoisotopic (exact) mass is 258 g/mol. The van der Waals surface area contributed by atoms with E-state index in [9.17, 15) is 9.59 Å². The highest BCUT2D eigenvalue weighted by Gasteiger charge is 2.10. The first-order valence-corrected chi connectivity index (χ1v) is 6.97. The highest BCUT2D eigenvalue weighted by atomic mass is 16.5. The van der Waals surface area contributed by atoms with Crippen molar-refractivity contribution < 1.29 is 19.4 Å². The molecular weight excluding hydrogens is 232 g/mol. The Morgan fingerprint density at radius 2 is 1.78 bits per heavy atom. The molecule has 0 heterocycles. The molecule has 0 spiro atoms. The van der Waals surface area contributed by atoms with Crippen molar-refractivity contribution in [2.75, 3.05) is 6.61 Å². The number of carboxylic acid groups (broad SMARTS) is 1. The summed E-state index contributed by atoms with van der Waals surface area (Å²) in [7, 11) is 0. The molecule has 4 nitrogen and oxygen atoms in total. The zero-order valence-electron chi connectivity index (χ0n) is 11.6. The summed E-state index contributed by atoms with van der Waals surface area (Å²) >= 11 is 0. The van der Waals surface area contributed by atoms with Crippen LogP contribution in [0.25, 0.3) is 0 Å².